The number of aldehydes is 1. The molecule has 0 saturated carbocycles. The summed E-state index contributed by atoms with van der Waals surface area (Å²) in [6, 6.07) is 5.46. The third-order valence-corrected chi connectivity index (χ3v) is 9.19. The third-order valence-electron chi connectivity index (χ3n) is 6.82. The van der Waals surface area contributed by atoms with E-state index < -0.39 is 24.7 Å². The van der Waals surface area contributed by atoms with Gasteiger partial charge >= 0.3 is 6.18 Å². The normalized spacial score (nSPS) is 22.2. The van der Waals surface area contributed by atoms with E-state index in [1.807, 2.05) is 18.2 Å². The predicted molar refractivity (Wildman–Crippen MR) is 140 cm³/mol. The first-order valence-corrected chi connectivity index (χ1v) is 16.5. The molecular formula is C27H32F3NO4SSi. The van der Waals surface area contributed by atoms with Gasteiger partial charge in [0.1, 0.15) is 30.1 Å². The Balaban J connectivity index is 1.72. The Morgan fingerprint density at radius 2 is 2.03 bits per heavy atom. The van der Waals surface area contributed by atoms with Crippen LogP contribution < -0.4 is 9.47 Å². The van der Waals surface area contributed by atoms with Gasteiger partial charge in [0.05, 0.1) is 26.9 Å². The van der Waals surface area contributed by atoms with Crippen LogP contribution in [0.5, 0.6) is 11.5 Å². The quantitative estimate of drug-likeness (QED) is 0.263. The number of halogens is 3. The summed E-state index contributed by atoms with van der Waals surface area (Å²) in [7, 11) is 1.49. The highest BCUT2D eigenvalue weighted by atomic mass is 32.1. The molecule has 1 fully saturated rings. The van der Waals surface area contributed by atoms with Crippen molar-refractivity contribution in [2.75, 3.05) is 27.4 Å². The summed E-state index contributed by atoms with van der Waals surface area (Å²) < 4.78 is 58.6. The minimum Gasteiger partial charge on any atom is -0.497 e. The molecule has 3 heterocycles. The third kappa shape index (κ3) is 5.75. The van der Waals surface area contributed by atoms with Crippen LogP contribution in [-0.2, 0) is 29.5 Å². The minimum atomic E-state index is -4.58. The number of fused-ring (bicyclic) bond motifs is 2. The monoisotopic (exact) mass is 551 g/mol. The molecule has 1 aromatic carbocycles. The molecule has 1 spiro atoms. The number of carbonyl (C=O) groups is 1. The first kappa shape index (κ1) is 27.7. The van der Waals surface area contributed by atoms with E-state index in [0.29, 0.717) is 71.9 Å². The predicted octanol–water partition coefficient (Wildman–Crippen LogP) is 5.91. The molecule has 0 radical (unpaired) electrons. The Labute approximate surface area is 220 Å². The summed E-state index contributed by atoms with van der Waals surface area (Å²) in [5.74, 6) is 4.86. The summed E-state index contributed by atoms with van der Waals surface area (Å²) >= 11 is 0.667. The summed E-state index contributed by atoms with van der Waals surface area (Å²) in [6.45, 7) is 7.92. The SMILES string of the molecule is COc1ccc(CN2CCC3(C[C@H]2C#C[Si](C)(C)C)OCCc2c3sc(C(F)(F)F)c2C=O)c(OC)c1. The lowest BCUT2D eigenvalue weighted by Gasteiger charge is -2.46. The second-order valence-electron chi connectivity index (χ2n) is 10.5. The van der Waals surface area contributed by atoms with Crippen LogP contribution in [0, 0.1) is 11.5 Å². The fourth-order valence-electron chi connectivity index (χ4n) is 5.04. The van der Waals surface area contributed by atoms with E-state index in [9.17, 15) is 18.0 Å². The largest absolute Gasteiger partial charge is 0.497 e. The van der Waals surface area contributed by atoms with Crippen molar-refractivity contribution in [1.82, 2.24) is 4.90 Å². The van der Waals surface area contributed by atoms with Gasteiger partial charge in [-0.1, -0.05) is 31.6 Å². The maximum absolute atomic E-state index is 13.8. The lowest BCUT2D eigenvalue weighted by molar-refractivity contribution is -0.134. The molecule has 5 nitrogen and oxygen atoms in total. The number of hydrogen-bond acceptors (Lipinski definition) is 6. The number of carbonyl (C=O) groups excluding carboxylic acids is 1. The second-order valence-corrected chi connectivity index (χ2v) is 16.3. The Morgan fingerprint density at radius 3 is 2.65 bits per heavy atom. The van der Waals surface area contributed by atoms with Crippen molar-refractivity contribution in [2.45, 2.75) is 63.3 Å². The molecule has 10 heteroatoms. The van der Waals surface area contributed by atoms with Gasteiger partial charge in [0.15, 0.2) is 6.29 Å². The van der Waals surface area contributed by atoms with Crippen LogP contribution in [0.15, 0.2) is 18.2 Å². The van der Waals surface area contributed by atoms with Crippen LogP contribution in [0.4, 0.5) is 13.2 Å². The Hall–Kier alpha value is -2.32. The van der Waals surface area contributed by atoms with Crippen molar-refractivity contribution >= 4 is 25.7 Å². The van der Waals surface area contributed by atoms with Crippen molar-refractivity contribution < 1.29 is 32.2 Å². The average Bonchev–Trinajstić information content (AvgIpc) is 3.25. The number of ether oxygens (including phenoxy) is 3. The van der Waals surface area contributed by atoms with E-state index in [1.54, 1.807) is 14.2 Å². The van der Waals surface area contributed by atoms with Gasteiger partial charge in [-0.3, -0.25) is 9.69 Å². The van der Waals surface area contributed by atoms with E-state index in [0.717, 1.165) is 5.56 Å². The van der Waals surface area contributed by atoms with Crippen molar-refractivity contribution in [3.63, 3.8) is 0 Å². The van der Waals surface area contributed by atoms with E-state index in [4.69, 9.17) is 14.2 Å². The number of alkyl halides is 3. The standard InChI is InChI=1S/C27H32F3NO4SSi/c1-33-20-7-6-18(23(14-20)34-2)16-31-11-10-26(15-19(31)9-13-37(3,4)5)24-21(8-12-35-26)22(17-32)25(36-24)27(28,29)30/h6-7,14,17,19H,8,10-12,15-16H2,1-5H3/t19-,26?/m1/s1. The number of nitrogens with zero attached hydrogens (tertiary/aromatic N) is 1. The van der Waals surface area contributed by atoms with Crippen molar-refractivity contribution in [1.29, 1.82) is 0 Å². The molecule has 0 aliphatic carbocycles. The fraction of sp³-hybridized carbons (Fsp3) is 0.519. The number of piperidine rings is 1. The van der Waals surface area contributed by atoms with E-state index in [-0.39, 0.29) is 18.2 Å². The van der Waals surface area contributed by atoms with Gasteiger partial charge in [0, 0.05) is 41.6 Å². The molecule has 1 aromatic heterocycles. The van der Waals surface area contributed by atoms with Crippen molar-refractivity contribution in [3.8, 4) is 23.0 Å². The second kappa shape index (κ2) is 10.4. The van der Waals surface area contributed by atoms with Crippen molar-refractivity contribution in [2.24, 2.45) is 0 Å². The molecule has 200 valence electrons. The van der Waals surface area contributed by atoms with E-state index >= 15 is 0 Å². The first-order chi connectivity index (χ1) is 17.4. The zero-order valence-electron chi connectivity index (χ0n) is 21.8. The van der Waals surface area contributed by atoms with Crippen molar-refractivity contribution in [3.05, 3.63) is 44.6 Å². The van der Waals surface area contributed by atoms with E-state index in [2.05, 4.69) is 36.0 Å². The summed E-state index contributed by atoms with van der Waals surface area (Å²) in [5, 5.41) is 0. The number of benzene rings is 1. The molecule has 4 rings (SSSR count). The van der Waals surface area contributed by atoms with Gasteiger partial charge < -0.3 is 14.2 Å². The molecule has 2 aliphatic heterocycles. The number of methoxy groups -OCH3 is 2. The molecule has 2 aromatic rings. The number of hydrogen-bond donors (Lipinski definition) is 0. The number of thiophene rings is 1. The summed E-state index contributed by atoms with van der Waals surface area (Å²) in [5.41, 5.74) is 3.80. The number of rotatable bonds is 5. The van der Waals surface area contributed by atoms with Gasteiger partial charge in [-0.05, 0) is 24.5 Å². The van der Waals surface area contributed by atoms with Crippen LogP contribution in [0.1, 0.15) is 44.1 Å². The highest BCUT2D eigenvalue weighted by molar-refractivity contribution is 7.12. The molecule has 0 N–H and O–H groups in total. The fourth-order valence-corrected chi connectivity index (χ4v) is 7.00. The lowest BCUT2D eigenvalue weighted by Crippen LogP contribution is -2.50. The zero-order chi connectivity index (χ0) is 27.0. The van der Waals surface area contributed by atoms with Crippen LogP contribution in [0.2, 0.25) is 19.6 Å². The average molecular weight is 552 g/mol. The Bertz CT molecular complexity index is 1230. The molecule has 2 atom stereocenters. The first-order valence-electron chi connectivity index (χ1n) is 12.2. The minimum absolute atomic E-state index is 0.227. The molecule has 0 bridgehead atoms. The van der Waals surface area contributed by atoms with Gasteiger partial charge in [-0.15, -0.1) is 16.9 Å². The maximum atomic E-state index is 13.8. The smallest absolute Gasteiger partial charge is 0.426 e. The van der Waals surface area contributed by atoms with Crippen LogP contribution in [0.3, 0.4) is 0 Å². The Morgan fingerprint density at radius 1 is 1.27 bits per heavy atom. The lowest BCUT2D eigenvalue weighted by atomic mass is 9.81. The van der Waals surface area contributed by atoms with Crippen LogP contribution in [0.25, 0.3) is 0 Å². The highest BCUT2D eigenvalue weighted by Gasteiger charge is 2.49. The molecule has 1 unspecified atom stereocenters. The van der Waals surface area contributed by atoms with Gasteiger partial charge in [-0.2, -0.15) is 13.2 Å². The van der Waals surface area contributed by atoms with E-state index in [1.165, 1.54) is 0 Å². The molecule has 2 aliphatic rings. The number of likely N-dealkylation sites (tertiary alicyclic amines) is 1. The topological polar surface area (TPSA) is 48.0 Å². The van der Waals surface area contributed by atoms with Crippen LogP contribution in [-0.4, -0.2) is 52.7 Å². The molecule has 37 heavy (non-hydrogen) atoms. The van der Waals surface area contributed by atoms with Gasteiger partial charge in [0.2, 0.25) is 0 Å². The molecular weight excluding hydrogens is 519 g/mol. The van der Waals surface area contributed by atoms with Crippen LogP contribution >= 0.6 is 11.3 Å². The molecule has 1 saturated heterocycles. The zero-order valence-corrected chi connectivity index (χ0v) is 23.6. The maximum Gasteiger partial charge on any atom is 0.426 e. The summed E-state index contributed by atoms with van der Waals surface area (Å²) in [4.78, 5) is 13.7. The van der Waals surface area contributed by atoms with Gasteiger partial charge in [0.25, 0.3) is 0 Å². The Kier molecular flexibility index (Phi) is 7.82. The highest BCUT2D eigenvalue weighted by Crippen LogP contribution is 2.51. The summed E-state index contributed by atoms with van der Waals surface area (Å²) in [6.07, 6.45) is -2.98. The molecule has 0 amide bonds. The van der Waals surface area contributed by atoms with Gasteiger partial charge in [-0.25, -0.2) is 0 Å².